The van der Waals surface area contributed by atoms with E-state index in [9.17, 15) is 18.3 Å². The Hall–Kier alpha value is -1.07. The molecule has 0 heterocycles. The maximum atomic E-state index is 12.4. The molecule has 1 atom stereocenters. The topological polar surface area (TPSA) is 32.3 Å². The minimum atomic E-state index is -4.34. The van der Waals surface area contributed by atoms with Gasteiger partial charge in [0.15, 0.2) is 0 Å². The van der Waals surface area contributed by atoms with Crippen molar-refractivity contribution in [3.05, 3.63) is 35.4 Å². The summed E-state index contributed by atoms with van der Waals surface area (Å²) < 4.78 is 37.3. The Morgan fingerprint density at radius 1 is 1.05 bits per heavy atom. The molecule has 19 heavy (non-hydrogen) atoms. The van der Waals surface area contributed by atoms with Crippen LogP contribution in [0.15, 0.2) is 24.3 Å². The molecule has 0 radical (unpaired) electrons. The van der Waals surface area contributed by atoms with E-state index in [1.807, 2.05) is 6.92 Å². The van der Waals surface area contributed by atoms with E-state index in [0.29, 0.717) is 18.5 Å². The molecule has 1 rings (SSSR count). The summed E-state index contributed by atoms with van der Waals surface area (Å²) in [5, 5.41) is 13.4. The number of hydrogen-bond acceptors (Lipinski definition) is 2. The number of rotatable bonds is 6. The summed E-state index contributed by atoms with van der Waals surface area (Å²) >= 11 is 0. The third-order valence-electron chi connectivity index (χ3n) is 3.05. The number of nitrogens with one attached hydrogen (secondary N) is 1. The first-order chi connectivity index (χ1) is 8.77. The number of halogens is 3. The van der Waals surface area contributed by atoms with E-state index in [1.165, 1.54) is 12.1 Å². The SMILES string of the molecule is CCCNCCC(C)(O)c1ccc(C(F)(F)F)cc1. The van der Waals surface area contributed by atoms with Crippen molar-refractivity contribution in [1.82, 2.24) is 5.32 Å². The lowest BCUT2D eigenvalue weighted by molar-refractivity contribution is -0.137. The fraction of sp³-hybridized carbons (Fsp3) is 0.571. The van der Waals surface area contributed by atoms with Gasteiger partial charge in [0.1, 0.15) is 0 Å². The molecule has 108 valence electrons. The maximum absolute atomic E-state index is 12.4. The van der Waals surface area contributed by atoms with Crippen molar-refractivity contribution in [3.63, 3.8) is 0 Å². The number of hydrogen-bond donors (Lipinski definition) is 2. The van der Waals surface area contributed by atoms with E-state index in [4.69, 9.17) is 0 Å². The highest BCUT2D eigenvalue weighted by Gasteiger charge is 2.31. The highest BCUT2D eigenvalue weighted by molar-refractivity contribution is 5.28. The predicted molar refractivity (Wildman–Crippen MR) is 68.8 cm³/mol. The van der Waals surface area contributed by atoms with Crippen LogP contribution in [0.4, 0.5) is 13.2 Å². The van der Waals surface area contributed by atoms with Gasteiger partial charge in [-0.3, -0.25) is 0 Å². The zero-order valence-corrected chi connectivity index (χ0v) is 11.2. The molecule has 1 aromatic rings. The molecule has 0 saturated heterocycles. The summed E-state index contributed by atoms with van der Waals surface area (Å²) in [7, 11) is 0. The van der Waals surface area contributed by atoms with Gasteiger partial charge >= 0.3 is 6.18 Å². The van der Waals surface area contributed by atoms with Crippen LogP contribution in [0.1, 0.15) is 37.8 Å². The van der Waals surface area contributed by atoms with Crippen LogP contribution in [0, 0.1) is 0 Å². The minimum absolute atomic E-state index is 0.457. The smallest absolute Gasteiger partial charge is 0.385 e. The van der Waals surface area contributed by atoms with E-state index in [-0.39, 0.29) is 0 Å². The molecule has 0 spiro atoms. The summed E-state index contributed by atoms with van der Waals surface area (Å²) in [5.74, 6) is 0. The van der Waals surface area contributed by atoms with E-state index >= 15 is 0 Å². The van der Waals surface area contributed by atoms with Gasteiger partial charge in [0.05, 0.1) is 11.2 Å². The van der Waals surface area contributed by atoms with E-state index in [2.05, 4.69) is 5.32 Å². The normalized spacial score (nSPS) is 15.3. The number of aliphatic hydroxyl groups is 1. The zero-order valence-electron chi connectivity index (χ0n) is 11.2. The Morgan fingerprint density at radius 3 is 2.05 bits per heavy atom. The molecule has 2 nitrogen and oxygen atoms in total. The molecule has 2 N–H and O–H groups in total. The average Bonchev–Trinajstić information content (AvgIpc) is 2.34. The molecule has 0 aliphatic rings. The average molecular weight is 275 g/mol. The zero-order chi connectivity index (χ0) is 14.5. The Bertz CT molecular complexity index is 385. The van der Waals surface area contributed by atoms with Gasteiger partial charge in [-0.15, -0.1) is 0 Å². The van der Waals surface area contributed by atoms with Gasteiger partial charge in [-0.05, 0) is 50.6 Å². The van der Waals surface area contributed by atoms with Crippen molar-refractivity contribution in [2.75, 3.05) is 13.1 Å². The van der Waals surface area contributed by atoms with Crippen molar-refractivity contribution in [2.24, 2.45) is 0 Å². The molecule has 0 saturated carbocycles. The predicted octanol–water partition coefficient (Wildman–Crippen LogP) is 3.30. The fourth-order valence-electron chi connectivity index (χ4n) is 1.80. The first kappa shape index (κ1) is 16.0. The van der Waals surface area contributed by atoms with Crippen molar-refractivity contribution >= 4 is 0 Å². The molecule has 0 aliphatic heterocycles. The third kappa shape index (κ3) is 4.84. The molecule has 0 bridgehead atoms. The molecule has 1 unspecified atom stereocenters. The second-order valence-corrected chi connectivity index (χ2v) is 4.85. The van der Waals surface area contributed by atoms with Gasteiger partial charge in [0, 0.05) is 0 Å². The van der Waals surface area contributed by atoms with Gasteiger partial charge in [0.2, 0.25) is 0 Å². The van der Waals surface area contributed by atoms with Gasteiger partial charge in [0.25, 0.3) is 0 Å². The second-order valence-electron chi connectivity index (χ2n) is 4.85. The van der Waals surface area contributed by atoms with Crippen LogP contribution in [-0.4, -0.2) is 18.2 Å². The Kier molecular flexibility index (Phi) is 5.38. The van der Waals surface area contributed by atoms with Crippen LogP contribution in [0.2, 0.25) is 0 Å². The molecular weight excluding hydrogens is 255 g/mol. The van der Waals surface area contributed by atoms with Crippen LogP contribution >= 0.6 is 0 Å². The monoisotopic (exact) mass is 275 g/mol. The summed E-state index contributed by atoms with van der Waals surface area (Å²) in [6.45, 7) is 5.15. The maximum Gasteiger partial charge on any atom is 0.416 e. The highest BCUT2D eigenvalue weighted by atomic mass is 19.4. The van der Waals surface area contributed by atoms with Crippen molar-refractivity contribution in [2.45, 2.75) is 38.5 Å². The largest absolute Gasteiger partial charge is 0.416 e. The van der Waals surface area contributed by atoms with Gasteiger partial charge in [-0.1, -0.05) is 19.1 Å². The van der Waals surface area contributed by atoms with Crippen molar-refractivity contribution < 1.29 is 18.3 Å². The van der Waals surface area contributed by atoms with E-state index < -0.39 is 17.3 Å². The summed E-state index contributed by atoms with van der Waals surface area (Å²) in [5.41, 5.74) is -1.32. The van der Waals surface area contributed by atoms with Crippen LogP contribution in [0.5, 0.6) is 0 Å². The molecule has 0 aliphatic carbocycles. The van der Waals surface area contributed by atoms with Crippen LogP contribution in [0.25, 0.3) is 0 Å². The number of benzene rings is 1. The molecular formula is C14H20F3NO. The lowest BCUT2D eigenvalue weighted by Crippen LogP contribution is -2.28. The van der Waals surface area contributed by atoms with Crippen molar-refractivity contribution in [3.8, 4) is 0 Å². The third-order valence-corrected chi connectivity index (χ3v) is 3.05. The van der Waals surface area contributed by atoms with Gasteiger partial charge in [-0.25, -0.2) is 0 Å². The molecule has 0 amide bonds. The summed E-state index contributed by atoms with van der Waals surface area (Å²) in [4.78, 5) is 0. The van der Waals surface area contributed by atoms with Gasteiger partial charge < -0.3 is 10.4 Å². The molecule has 0 fully saturated rings. The standard InChI is InChI=1S/C14H20F3NO/c1-3-9-18-10-8-13(2,19)11-4-6-12(7-5-11)14(15,16)17/h4-7,18-19H,3,8-10H2,1-2H3. The Morgan fingerprint density at radius 2 is 1.58 bits per heavy atom. The van der Waals surface area contributed by atoms with E-state index in [0.717, 1.165) is 25.1 Å². The van der Waals surface area contributed by atoms with Crippen LogP contribution in [-0.2, 0) is 11.8 Å². The fourth-order valence-corrected chi connectivity index (χ4v) is 1.80. The molecule has 0 aromatic heterocycles. The van der Waals surface area contributed by atoms with Crippen LogP contribution < -0.4 is 5.32 Å². The lowest BCUT2D eigenvalue weighted by Gasteiger charge is -2.24. The van der Waals surface area contributed by atoms with E-state index in [1.54, 1.807) is 6.92 Å². The minimum Gasteiger partial charge on any atom is -0.385 e. The quantitative estimate of drug-likeness (QED) is 0.781. The first-order valence-corrected chi connectivity index (χ1v) is 6.38. The second kappa shape index (κ2) is 6.39. The lowest BCUT2D eigenvalue weighted by atomic mass is 9.92. The first-order valence-electron chi connectivity index (χ1n) is 6.38. The molecule has 1 aromatic carbocycles. The van der Waals surface area contributed by atoms with Gasteiger partial charge in [-0.2, -0.15) is 13.2 Å². The highest BCUT2D eigenvalue weighted by Crippen LogP contribution is 2.31. The molecule has 5 heteroatoms. The Labute approximate surface area is 111 Å². The summed E-state index contributed by atoms with van der Waals surface area (Å²) in [6.07, 6.45) is -2.88. The summed E-state index contributed by atoms with van der Waals surface area (Å²) in [6, 6.07) is 4.68. The van der Waals surface area contributed by atoms with Crippen molar-refractivity contribution in [1.29, 1.82) is 0 Å². The van der Waals surface area contributed by atoms with Crippen LogP contribution in [0.3, 0.4) is 0 Å². The Balaban J connectivity index is 2.68. The number of alkyl halides is 3.